The Morgan fingerprint density at radius 3 is 2.63 bits per heavy atom. The van der Waals surface area contributed by atoms with Crippen LogP contribution in [0.1, 0.15) is 10.4 Å². The molecule has 0 amide bonds. The molecule has 104 valence electrons. The van der Waals surface area contributed by atoms with Crippen LogP contribution in [0.25, 0.3) is 0 Å². The molecule has 0 atom stereocenters. The summed E-state index contributed by atoms with van der Waals surface area (Å²) in [4.78, 5) is 21.9. The topological polar surface area (TPSA) is 83.7 Å². The first-order valence-corrected chi connectivity index (χ1v) is 5.37. The number of alkyl halides is 2. The second-order valence-electron chi connectivity index (χ2n) is 3.68. The summed E-state index contributed by atoms with van der Waals surface area (Å²) in [6, 6.07) is 3.36. The fraction of sp³-hybridized carbons (Fsp3) is 0.364. The minimum Gasteiger partial charge on any atom is -0.395 e. The fourth-order valence-electron chi connectivity index (χ4n) is 1.64. The summed E-state index contributed by atoms with van der Waals surface area (Å²) in [6.07, 6.45) is -2.29. The molecule has 0 bridgehead atoms. The van der Waals surface area contributed by atoms with E-state index in [0.29, 0.717) is 6.29 Å². The molecule has 1 rings (SSSR count). The molecule has 6 nitrogen and oxygen atoms in total. The van der Waals surface area contributed by atoms with Gasteiger partial charge in [-0.05, 0) is 6.07 Å². The molecule has 0 spiro atoms. The number of carbonyl (C=O) groups is 1. The van der Waals surface area contributed by atoms with E-state index in [1.807, 2.05) is 0 Å². The number of hydrogen-bond acceptors (Lipinski definition) is 5. The van der Waals surface area contributed by atoms with Crippen molar-refractivity contribution >= 4 is 17.7 Å². The maximum absolute atomic E-state index is 12.4. The van der Waals surface area contributed by atoms with Crippen LogP contribution in [0.5, 0.6) is 0 Å². The smallest absolute Gasteiger partial charge is 0.270 e. The van der Waals surface area contributed by atoms with Gasteiger partial charge in [0.1, 0.15) is 0 Å². The van der Waals surface area contributed by atoms with E-state index >= 15 is 0 Å². The molecule has 0 saturated carbocycles. The number of anilines is 1. The largest absolute Gasteiger partial charge is 0.395 e. The molecule has 0 fully saturated rings. The van der Waals surface area contributed by atoms with Gasteiger partial charge in [0.15, 0.2) is 6.29 Å². The van der Waals surface area contributed by atoms with Gasteiger partial charge < -0.3 is 10.0 Å². The van der Waals surface area contributed by atoms with E-state index in [1.165, 1.54) is 6.07 Å². The zero-order valence-electron chi connectivity index (χ0n) is 9.83. The minimum atomic E-state index is -2.65. The number of nitrogens with zero attached hydrogens (tertiary/aromatic N) is 2. The first-order chi connectivity index (χ1) is 8.99. The summed E-state index contributed by atoms with van der Waals surface area (Å²) in [5, 5.41) is 19.4. The number of aliphatic hydroxyl groups is 1. The third-order valence-electron chi connectivity index (χ3n) is 2.42. The summed E-state index contributed by atoms with van der Waals surface area (Å²) in [5.41, 5.74) is -0.231. The first-order valence-electron chi connectivity index (χ1n) is 5.37. The first kappa shape index (κ1) is 15.0. The van der Waals surface area contributed by atoms with Gasteiger partial charge in [0.2, 0.25) is 0 Å². The number of nitro benzene ring substituents is 1. The van der Waals surface area contributed by atoms with Gasteiger partial charge in [0, 0.05) is 29.9 Å². The maximum Gasteiger partial charge on any atom is 0.270 e. The fourth-order valence-corrected chi connectivity index (χ4v) is 1.64. The molecular formula is C11H12F2N2O4. The highest BCUT2D eigenvalue weighted by Gasteiger charge is 2.18. The predicted octanol–water partition coefficient (Wildman–Crippen LogP) is 1.47. The molecule has 19 heavy (non-hydrogen) atoms. The quantitative estimate of drug-likeness (QED) is 0.462. The highest BCUT2D eigenvalue weighted by molar-refractivity contribution is 5.86. The van der Waals surface area contributed by atoms with Gasteiger partial charge in [-0.25, -0.2) is 8.78 Å². The zero-order chi connectivity index (χ0) is 14.4. The Kier molecular flexibility index (Phi) is 5.31. The summed E-state index contributed by atoms with van der Waals surface area (Å²) in [7, 11) is 0. The number of nitro groups is 1. The number of aldehydes is 1. The van der Waals surface area contributed by atoms with Gasteiger partial charge in [-0.3, -0.25) is 14.9 Å². The Balaban J connectivity index is 3.14. The molecule has 1 N–H and O–H groups in total. The molecular weight excluding hydrogens is 262 g/mol. The van der Waals surface area contributed by atoms with E-state index in [0.717, 1.165) is 17.0 Å². The molecule has 0 radical (unpaired) electrons. The van der Waals surface area contributed by atoms with Crippen LogP contribution in [-0.2, 0) is 0 Å². The molecule has 0 aliphatic carbocycles. The lowest BCUT2D eigenvalue weighted by atomic mass is 10.1. The third-order valence-corrected chi connectivity index (χ3v) is 2.42. The lowest BCUT2D eigenvalue weighted by Gasteiger charge is -2.24. The Hall–Kier alpha value is -2.09. The molecule has 0 heterocycles. The summed E-state index contributed by atoms with van der Waals surface area (Å²) in [5.74, 6) is 0. The van der Waals surface area contributed by atoms with Crippen molar-refractivity contribution in [1.29, 1.82) is 0 Å². The van der Waals surface area contributed by atoms with Crippen molar-refractivity contribution in [2.24, 2.45) is 0 Å². The van der Waals surface area contributed by atoms with Crippen LogP contribution in [0.3, 0.4) is 0 Å². The zero-order valence-corrected chi connectivity index (χ0v) is 9.83. The lowest BCUT2D eigenvalue weighted by molar-refractivity contribution is -0.384. The summed E-state index contributed by atoms with van der Waals surface area (Å²) < 4.78 is 24.8. The molecule has 1 aromatic rings. The van der Waals surface area contributed by atoms with Gasteiger partial charge in [-0.1, -0.05) is 0 Å². The molecule has 1 aromatic carbocycles. The number of non-ortho nitro benzene ring substituents is 1. The average molecular weight is 274 g/mol. The van der Waals surface area contributed by atoms with Crippen LogP contribution in [0.4, 0.5) is 20.2 Å². The van der Waals surface area contributed by atoms with E-state index in [-0.39, 0.29) is 30.1 Å². The SMILES string of the molecule is O=Cc1cc([N+](=O)[O-])ccc1N(CCO)CC(F)F. The normalized spacial score (nSPS) is 10.5. The van der Waals surface area contributed by atoms with E-state index < -0.39 is 17.9 Å². The minimum absolute atomic E-state index is 0.0664. The Morgan fingerprint density at radius 2 is 2.16 bits per heavy atom. The van der Waals surface area contributed by atoms with Crippen LogP contribution in [0, 0.1) is 10.1 Å². The van der Waals surface area contributed by atoms with Crippen LogP contribution >= 0.6 is 0 Å². The van der Waals surface area contributed by atoms with Crippen molar-refractivity contribution in [3.05, 3.63) is 33.9 Å². The number of benzene rings is 1. The van der Waals surface area contributed by atoms with Crippen LogP contribution in [0.15, 0.2) is 18.2 Å². The van der Waals surface area contributed by atoms with E-state index in [2.05, 4.69) is 0 Å². The highest BCUT2D eigenvalue weighted by Crippen LogP contribution is 2.24. The molecule has 0 aromatic heterocycles. The van der Waals surface area contributed by atoms with Gasteiger partial charge in [-0.2, -0.15) is 0 Å². The number of carbonyl (C=O) groups excluding carboxylic acids is 1. The standard InChI is InChI=1S/C11H12F2N2O4/c12-11(13)6-14(3-4-16)10-2-1-9(15(18)19)5-8(10)7-17/h1-2,5,7,11,16H,3-4,6H2. The van der Waals surface area contributed by atoms with Crippen LogP contribution in [0.2, 0.25) is 0 Å². The average Bonchev–Trinajstić information content (AvgIpc) is 2.36. The van der Waals surface area contributed by atoms with Gasteiger partial charge in [0.05, 0.1) is 18.1 Å². The number of halogens is 2. The molecule has 8 heteroatoms. The Bertz CT molecular complexity index is 468. The number of rotatable bonds is 7. The molecule has 0 saturated heterocycles. The van der Waals surface area contributed by atoms with Crippen molar-refractivity contribution in [3.8, 4) is 0 Å². The second kappa shape index (κ2) is 6.74. The summed E-state index contributed by atoms with van der Waals surface area (Å²) in [6.45, 7) is -1.13. The molecule has 0 aliphatic rings. The highest BCUT2D eigenvalue weighted by atomic mass is 19.3. The van der Waals surface area contributed by atoms with Crippen molar-refractivity contribution in [2.45, 2.75) is 6.43 Å². The third kappa shape index (κ3) is 3.95. The predicted molar refractivity (Wildman–Crippen MR) is 63.8 cm³/mol. The van der Waals surface area contributed by atoms with E-state index in [9.17, 15) is 23.7 Å². The van der Waals surface area contributed by atoms with Crippen molar-refractivity contribution in [2.75, 3.05) is 24.6 Å². The molecule has 0 aliphatic heterocycles. The van der Waals surface area contributed by atoms with Crippen molar-refractivity contribution < 1.29 is 23.6 Å². The van der Waals surface area contributed by atoms with E-state index in [1.54, 1.807) is 0 Å². The van der Waals surface area contributed by atoms with Crippen molar-refractivity contribution in [1.82, 2.24) is 0 Å². The Labute approximate surface area is 107 Å². The van der Waals surface area contributed by atoms with Gasteiger partial charge >= 0.3 is 0 Å². The van der Waals surface area contributed by atoms with Crippen LogP contribution < -0.4 is 4.90 Å². The second-order valence-corrected chi connectivity index (χ2v) is 3.68. The van der Waals surface area contributed by atoms with Crippen LogP contribution in [-0.4, -0.2) is 42.4 Å². The maximum atomic E-state index is 12.4. The van der Waals surface area contributed by atoms with Gasteiger partial charge in [-0.15, -0.1) is 0 Å². The summed E-state index contributed by atoms with van der Waals surface area (Å²) >= 11 is 0. The number of aliphatic hydroxyl groups excluding tert-OH is 1. The molecule has 0 unspecified atom stereocenters. The number of hydrogen-bond donors (Lipinski definition) is 1. The lowest BCUT2D eigenvalue weighted by Crippen LogP contribution is -2.32. The monoisotopic (exact) mass is 274 g/mol. The Morgan fingerprint density at radius 1 is 1.47 bits per heavy atom. The van der Waals surface area contributed by atoms with Crippen molar-refractivity contribution in [3.63, 3.8) is 0 Å². The van der Waals surface area contributed by atoms with E-state index in [4.69, 9.17) is 5.11 Å². The van der Waals surface area contributed by atoms with Gasteiger partial charge in [0.25, 0.3) is 12.1 Å².